The monoisotopic (exact) mass is 267 g/mol. The normalized spacial score (nSPS) is 32.3. The number of hydrogen-bond donors (Lipinski definition) is 1. The number of nitrogens with two attached hydrogens (primary N) is 1. The number of nitrogens with zero attached hydrogens (tertiary/aromatic N) is 2. The van der Waals surface area contributed by atoms with E-state index >= 15 is 0 Å². The van der Waals surface area contributed by atoms with Gasteiger partial charge in [0.2, 0.25) is 5.91 Å². The molecular weight excluding hydrogens is 238 g/mol. The highest BCUT2D eigenvalue weighted by atomic mass is 16.2. The van der Waals surface area contributed by atoms with Gasteiger partial charge >= 0.3 is 0 Å². The fourth-order valence-corrected chi connectivity index (χ4v) is 3.48. The minimum Gasteiger partial charge on any atom is -0.336 e. The molecule has 0 saturated carbocycles. The summed E-state index contributed by atoms with van der Waals surface area (Å²) in [5.41, 5.74) is 6.02. The van der Waals surface area contributed by atoms with Gasteiger partial charge in [0.05, 0.1) is 0 Å². The summed E-state index contributed by atoms with van der Waals surface area (Å²) in [7, 11) is 2.15. The van der Waals surface area contributed by atoms with Crippen LogP contribution in [0.25, 0.3) is 0 Å². The summed E-state index contributed by atoms with van der Waals surface area (Å²) in [6.45, 7) is 7.30. The van der Waals surface area contributed by atoms with Gasteiger partial charge in [-0.3, -0.25) is 4.79 Å². The van der Waals surface area contributed by atoms with Gasteiger partial charge in [0.25, 0.3) is 0 Å². The predicted molar refractivity (Wildman–Crippen MR) is 77.8 cm³/mol. The number of piperidine rings is 2. The summed E-state index contributed by atoms with van der Waals surface area (Å²) < 4.78 is 0. The van der Waals surface area contributed by atoms with Crippen molar-refractivity contribution in [3.63, 3.8) is 0 Å². The lowest BCUT2D eigenvalue weighted by molar-refractivity contribution is -0.140. The van der Waals surface area contributed by atoms with Gasteiger partial charge in [0, 0.05) is 31.1 Å². The number of amides is 1. The molecule has 0 aromatic heterocycles. The molecule has 110 valence electrons. The van der Waals surface area contributed by atoms with Crippen molar-refractivity contribution in [1.29, 1.82) is 0 Å². The van der Waals surface area contributed by atoms with Gasteiger partial charge in [-0.25, -0.2) is 0 Å². The van der Waals surface area contributed by atoms with Crippen molar-refractivity contribution in [3.05, 3.63) is 0 Å². The van der Waals surface area contributed by atoms with E-state index in [-0.39, 0.29) is 11.6 Å². The zero-order valence-corrected chi connectivity index (χ0v) is 12.7. The standard InChI is InChI=1S/C15H29N3O/c1-15(2)7-6-13(16)11-18(15)14(19)9-12-5-4-8-17(3)10-12/h12-13H,4-11,16H2,1-3H3. The fourth-order valence-electron chi connectivity index (χ4n) is 3.48. The van der Waals surface area contributed by atoms with Crippen LogP contribution in [-0.4, -0.2) is 54.0 Å². The van der Waals surface area contributed by atoms with Crippen molar-refractivity contribution < 1.29 is 4.79 Å². The van der Waals surface area contributed by atoms with Gasteiger partial charge < -0.3 is 15.5 Å². The molecule has 0 bridgehead atoms. The summed E-state index contributed by atoms with van der Waals surface area (Å²) in [4.78, 5) is 17.0. The molecule has 2 heterocycles. The smallest absolute Gasteiger partial charge is 0.223 e. The second kappa shape index (κ2) is 5.80. The molecule has 2 fully saturated rings. The Labute approximate surface area is 117 Å². The number of carbonyl (C=O) groups excluding carboxylic acids is 1. The van der Waals surface area contributed by atoms with Crippen LogP contribution in [0.3, 0.4) is 0 Å². The van der Waals surface area contributed by atoms with Crippen molar-refractivity contribution in [1.82, 2.24) is 9.80 Å². The Morgan fingerprint density at radius 3 is 2.74 bits per heavy atom. The van der Waals surface area contributed by atoms with E-state index < -0.39 is 0 Å². The highest BCUT2D eigenvalue weighted by Gasteiger charge is 2.36. The Morgan fingerprint density at radius 1 is 1.32 bits per heavy atom. The van der Waals surface area contributed by atoms with Gasteiger partial charge in [-0.2, -0.15) is 0 Å². The van der Waals surface area contributed by atoms with Gasteiger partial charge in [-0.1, -0.05) is 0 Å². The molecule has 0 aliphatic carbocycles. The third-order valence-corrected chi connectivity index (χ3v) is 4.76. The second-order valence-electron chi connectivity index (χ2n) is 7.09. The van der Waals surface area contributed by atoms with Crippen molar-refractivity contribution in [2.45, 2.75) is 57.5 Å². The highest BCUT2D eigenvalue weighted by molar-refractivity contribution is 5.77. The van der Waals surface area contributed by atoms with Crippen LogP contribution in [0.5, 0.6) is 0 Å². The molecule has 0 aromatic carbocycles. The molecule has 19 heavy (non-hydrogen) atoms. The van der Waals surface area contributed by atoms with E-state index in [9.17, 15) is 4.79 Å². The van der Waals surface area contributed by atoms with Crippen LogP contribution >= 0.6 is 0 Å². The molecule has 2 rings (SSSR count). The van der Waals surface area contributed by atoms with E-state index in [1.807, 2.05) is 4.90 Å². The Balaban J connectivity index is 1.94. The molecule has 2 aliphatic rings. The molecule has 0 radical (unpaired) electrons. The van der Waals surface area contributed by atoms with Gasteiger partial charge in [-0.05, 0) is 59.0 Å². The van der Waals surface area contributed by atoms with Crippen LogP contribution in [0.15, 0.2) is 0 Å². The van der Waals surface area contributed by atoms with E-state index in [1.165, 1.54) is 19.4 Å². The zero-order valence-electron chi connectivity index (χ0n) is 12.7. The van der Waals surface area contributed by atoms with Crippen LogP contribution < -0.4 is 5.73 Å². The number of likely N-dealkylation sites (tertiary alicyclic amines) is 2. The van der Waals surface area contributed by atoms with Crippen molar-refractivity contribution in [3.8, 4) is 0 Å². The SMILES string of the molecule is CN1CCCC(CC(=O)N2CC(N)CCC2(C)C)C1. The summed E-state index contributed by atoms with van der Waals surface area (Å²) in [5.74, 6) is 0.834. The van der Waals surface area contributed by atoms with Crippen LogP contribution in [0.1, 0.15) is 46.0 Å². The predicted octanol–water partition coefficient (Wildman–Crippen LogP) is 1.45. The second-order valence-corrected chi connectivity index (χ2v) is 7.09. The minimum atomic E-state index is -0.0203. The van der Waals surface area contributed by atoms with E-state index in [0.717, 1.165) is 25.9 Å². The summed E-state index contributed by atoms with van der Waals surface area (Å²) in [6.07, 6.45) is 5.15. The van der Waals surface area contributed by atoms with Gasteiger partial charge in [-0.15, -0.1) is 0 Å². The summed E-state index contributed by atoms with van der Waals surface area (Å²) >= 11 is 0. The van der Waals surface area contributed by atoms with Gasteiger partial charge in [0.15, 0.2) is 0 Å². The van der Waals surface area contributed by atoms with Gasteiger partial charge in [0.1, 0.15) is 0 Å². The maximum absolute atomic E-state index is 12.6. The first-order valence-corrected chi connectivity index (χ1v) is 7.63. The average Bonchev–Trinajstić information content (AvgIpc) is 2.32. The van der Waals surface area contributed by atoms with Crippen LogP contribution in [0, 0.1) is 5.92 Å². The lowest BCUT2D eigenvalue weighted by Crippen LogP contribution is -2.57. The van der Waals surface area contributed by atoms with Crippen molar-refractivity contribution in [2.24, 2.45) is 11.7 Å². The van der Waals surface area contributed by atoms with Crippen LogP contribution in [-0.2, 0) is 4.79 Å². The molecule has 0 aromatic rings. The van der Waals surface area contributed by atoms with E-state index in [0.29, 0.717) is 18.2 Å². The van der Waals surface area contributed by atoms with E-state index in [4.69, 9.17) is 5.73 Å². The molecule has 4 nitrogen and oxygen atoms in total. The molecule has 2 aliphatic heterocycles. The first kappa shape index (κ1) is 14.8. The third kappa shape index (κ3) is 3.69. The zero-order chi connectivity index (χ0) is 14.0. The van der Waals surface area contributed by atoms with Crippen molar-refractivity contribution in [2.75, 3.05) is 26.7 Å². The lowest BCUT2D eigenvalue weighted by Gasteiger charge is -2.45. The van der Waals surface area contributed by atoms with Crippen LogP contribution in [0.4, 0.5) is 0 Å². The quantitative estimate of drug-likeness (QED) is 0.824. The Kier molecular flexibility index (Phi) is 4.51. The number of carbonyl (C=O) groups is 1. The largest absolute Gasteiger partial charge is 0.336 e. The average molecular weight is 267 g/mol. The Hall–Kier alpha value is -0.610. The maximum atomic E-state index is 12.6. The molecule has 0 spiro atoms. The number of rotatable bonds is 2. The lowest BCUT2D eigenvalue weighted by atomic mass is 9.86. The molecule has 4 heteroatoms. The van der Waals surface area contributed by atoms with E-state index in [1.54, 1.807) is 0 Å². The maximum Gasteiger partial charge on any atom is 0.223 e. The Bertz CT molecular complexity index is 329. The Morgan fingerprint density at radius 2 is 2.05 bits per heavy atom. The molecule has 2 N–H and O–H groups in total. The number of hydrogen-bond acceptors (Lipinski definition) is 3. The summed E-state index contributed by atoms with van der Waals surface area (Å²) in [6, 6.07) is 0.158. The highest BCUT2D eigenvalue weighted by Crippen LogP contribution is 2.29. The third-order valence-electron chi connectivity index (χ3n) is 4.76. The topological polar surface area (TPSA) is 49.6 Å². The fraction of sp³-hybridized carbons (Fsp3) is 0.933. The molecule has 2 saturated heterocycles. The van der Waals surface area contributed by atoms with Crippen molar-refractivity contribution >= 4 is 5.91 Å². The van der Waals surface area contributed by atoms with E-state index in [2.05, 4.69) is 25.8 Å². The molecule has 2 unspecified atom stereocenters. The first-order valence-electron chi connectivity index (χ1n) is 7.63. The minimum absolute atomic E-state index is 0.0203. The first-order chi connectivity index (χ1) is 8.88. The molecule has 1 amide bonds. The van der Waals surface area contributed by atoms with Crippen LogP contribution in [0.2, 0.25) is 0 Å². The molecular formula is C15H29N3O. The summed E-state index contributed by atoms with van der Waals surface area (Å²) in [5, 5.41) is 0. The molecule has 2 atom stereocenters.